The van der Waals surface area contributed by atoms with Crippen molar-refractivity contribution in [2.24, 2.45) is 0 Å². The molecule has 56 valence electrons. The number of rotatable bonds is 2. The minimum atomic E-state index is 0.0263. The van der Waals surface area contributed by atoms with E-state index in [1.165, 1.54) is 0 Å². The van der Waals surface area contributed by atoms with Crippen LogP contribution in [-0.4, -0.2) is 10.3 Å². The molecule has 0 bridgehead atoms. The van der Waals surface area contributed by atoms with Gasteiger partial charge >= 0.3 is 0 Å². The van der Waals surface area contributed by atoms with E-state index in [1.54, 1.807) is 6.92 Å². The first kappa shape index (κ1) is 7.28. The van der Waals surface area contributed by atoms with Gasteiger partial charge in [0.1, 0.15) is 5.76 Å². The van der Waals surface area contributed by atoms with Crippen LogP contribution in [0.4, 0.5) is 0 Å². The van der Waals surface area contributed by atoms with Gasteiger partial charge in [0.05, 0.1) is 12.3 Å². The molecule has 0 radical (unpaired) electrons. The highest BCUT2D eigenvalue weighted by Crippen LogP contribution is 2.12. The van der Waals surface area contributed by atoms with Crippen LogP contribution >= 0.6 is 0 Å². The van der Waals surface area contributed by atoms with E-state index >= 15 is 0 Å². The first-order chi connectivity index (χ1) is 4.79. The Morgan fingerprint density at radius 2 is 2.30 bits per heavy atom. The Labute approximate surface area is 59.7 Å². The van der Waals surface area contributed by atoms with Gasteiger partial charge in [0.25, 0.3) is 0 Å². The maximum absolute atomic E-state index is 8.82. The first-order valence-electron chi connectivity index (χ1n) is 3.34. The van der Waals surface area contributed by atoms with Gasteiger partial charge in [-0.15, -0.1) is 0 Å². The largest absolute Gasteiger partial charge is 0.391 e. The molecule has 1 aromatic rings. The SMILES string of the molecule is CCc1noc(C)c1CO. The van der Waals surface area contributed by atoms with Gasteiger partial charge in [-0.2, -0.15) is 0 Å². The van der Waals surface area contributed by atoms with E-state index in [9.17, 15) is 0 Å². The van der Waals surface area contributed by atoms with Crippen molar-refractivity contribution in [1.82, 2.24) is 5.16 Å². The Kier molecular flexibility index (Phi) is 2.06. The quantitative estimate of drug-likeness (QED) is 0.669. The minimum absolute atomic E-state index is 0.0263. The van der Waals surface area contributed by atoms with Crippen LogP contribution in [0.15, 0.2) is 4.52 Å². The summed E-state index contributed by atoms with van der Waals surface area (Å²) in [7, 11) is 0. The molecule has 0 atom stereocenters. The topological polar surface area (TPSA) is 46.3 Å². The number of aromatic nitrogens is 1. The zero-order chi connectivity index (χ0) is 7.56. The zero-order valence-corrected chi connectivity index (χ0v) is 6.22. The first-order valence-corrected chi connectivity index (χ1v) is 3.34. The third-order valence-electron chi connectivity index (χ3n) is 1.56. The molecular weight excluding hydrogens is 130 g/mol. The van der Waals surface area contributed by atoms with Gasteiger partial charge in [0.15, 0.2) is 0 Å². The van der Waals surface area contributed by atoms with Gasteiger partial charge in [-0.05, 0) is 13.3 Å². The summed E-state index contributed by atoms with van der Waals surface area (Å²) in [6, 6.07) is 0. The smallest absolute Gasteiger partial charge is 0.139 e. The Balaban J connectivity index is 3.01. The average molecular weight is 141 g/mol. The van der Waals surface area contributed by atoms with Gasteiger partial charge in [0.2, 0.25) is 0 Å². The fraction of sp³-hybridized carbons (Fsp3) is 0.571. The van der Waals surface area contributed by atoms with E-state index in [4.69, 9.17) is 9.63 Å². The third-order valence-corrected chi connectivity index (χ3v) is 1.56. The fourth-order valence-electron chi connectivity index (χ4n) is 0.917. The van der Waals surface area contributed by atoms with Crippen molar-refractivity contribution in [2.45, 2.75) is 26.9 Å². The van der Waals surface area contributed by atoms with Crippen molar-refractivity contribution in [3.63, 3.8) is 0 Å². The predicted octanol–water partition coefficient (Wildman–Crippen LogP) is 1.04. The molecule has 1 heterocycles. The molecule has 0 fully saturated rings. The maximum Gasteiger partial charge on any atom is 0.139 e. The van der Waals surface area contributed by atoms with Gasteiger partial charge in [-0.1, -0.05) is 12.1 Å². The van der Waals surface area contributed by atoms with Crippen LogP contribution in [0.25, 0.3) is 0 Å². The van der Waals surface area contributed by atoms with Crippen molar-refractivity contribution >= 4 is 0 Å². The third kappa shape index (κ3) is 1.04. The molecule has 0 aromatic carbocycles. The van der Waals surface area contributed by atoms with Crippen LogP contribution in [-0.2, 0) is 13.0 Å². The molecular formula is C7H11NO2. The molecule has 0 aliphatic heterocycles. The van der Waals surface area contributed by atoms with Crippen molar-refractivity contribution in [3.05, 3.63) is 17.0 Å². The molecule has 3 nitrogen and oxygen atoms in total. The molecule has 10 heavy (non-hydrogen) atoms. The lowest BCUT2D eigenvalue weighted by molar-refractivity contribution is 0.277. The Hall–Kier alpha value is -0.830. The highest BCUT2D eigenvalue weighted by molar-refractivity contribution is 5.20. The van der Waals surface area contributed by atoms with Crippen molar-refractivity contribution in [1.29, 1.82) is 0 Å². The number of aryl methyl sites for hydroxylation is 2. The summed E-state index contributed by atoms with van der Waals surface area (Å²) in [5.74, 6) is 0.722. The summed E-state index contributed by atoms with van der Waals surface area (Å²) in [5, 5.41) is 12.6. The van der Waals surface area contributed by atoms with Crippen LogP contribution in [0, 0.1) is 6.92 Å². The highest BCUT2D eigenvalue weighted by atomic mass is 16.5. The average Bonchev–Trinajstić information content (AvgIpc) is 2.30. The summed E-state index contributed by atoms with van der Waals surface area (Å²) < 4.78 is 4.87. The zero-order valence-electron chi connectivity index (χ0n) is 6.22. The number of aliphatic hydroxyl groups is 1. The van der Waals surface area contributed by atoms with E-state index in [-0.39, 0.29) is 6.61 Å². The molecule has 3 heteroatoms. The summed E-state index contributed by atoms with van der Waals surface area (Å²) in [6.45, 7) is 3.81. The lowest BCUT2D eigenvalue weighted by atomic mass is 10.2. The molecule has 1 rings (SSSR count). The van der Waals surface area contributed by atoms with Crippen LogP contribution < -0.4 is 0 Å². The van der Waals surface area contributed by atoms with E-state index in [0.717, 1.165) is 23.4 Å². The second kappa shape index (κ2) is 2.84. The van der Waals surface area contributed by atoms with E-state index < -0.39 is 0 Å². The Bertz CT molecular complexity index is 217. The van der Waals surface area contributed by atoms with Crippen molar-refractivity contribution in [2.75, 3.05) is 0 Å². The van der Waals surface area contributed by atoms with Gasteiger partial charge in [-0.25, -0.2) is 0 Å². The highest BCUT2D eigenvalue weighted by Gasteiger charge is 2.08. The molecule has 0 spiro atoms. The summed E-state index contributed by atoms with van der Waals surface area (Å²) in [5.41, 5.74) is 1.70. The van der Waals surface area contributed by atoms with Crippen LogP contribution in [0.5, 0.6) is 0 Å². The van der Waals surface area contributed by atoms with Gasteiger partial charge in [0, 0.05) is 5.56 Å². The summed E-state index contributed by atoms with van der Waals surface area (Å²) in [4.78, 5) is 0. The molecule has 1 N–H and O–H groups in total. The second-order valence-corrected chi connectivity index (χ2v) is 2.18. The summed E-state index contributed by atoms with van der Waals surface area (Å²) >= 11 is 0. The van der Waals surface area contributed by atoms with Crippen LogP contribution in [0.3, 0.4) is 0 Å². The van der Waals surface area contributed by atoms with Crippen molar-refractivity contribution in [3.8, 4) is 0 Å². The minimum Gasteiger partial charge on any atom is -0.391 e. The monoisotopic (exact) mass is 141 g/mol. The number of hydrogen-bond acceptors (Lipinski definition) is 3. The number of nitrogens with zero attached hydrogens (tertiary/aromatic N) is 1. The van der Waals surface area contributed by atoms with Crippen LogP contribution in [0.1, 0.15) is 23.9 Å². The van der Waals surface area contributed by atoms with E-state index in [1.807, 2.05) is 6.92 Å². The predicted molar refractivity (Wildman–Crippen MR) is 36.5 cm³/mol. The maximum atomic E-state index is 8.82. The normalized spacial score (nSPS) is 10.3. The lowest BCUT2D eigenvalue weighted by Crippen LogP contribution is -1.89. The molecule has 0 aliphatic rings. The van der Waals surface area contributed by atoms with Gasteiger partial charge < -0.3 is 9.63 Å². The fourth-order valence-corrected chi connectivity index (χ4v) is 0.917. The van der Waals surface area contributed by atoms with Gasteiger partial charge in [-0.3, -0.25) is 0 Å². The van der Waals surface area contributed by atoms with E-state index in [2.05, 4.69) is 5.16 Å². The second-order valence-electron chi connectivity index (χ2n) is 2.18. The standard InChI is InChI=1S/C7H11NO2/c1-3-7-6(4-9)5(2)10-8-7/h9H,3-4H2,1-2H3. The number of aliphatic hydroxyl groups excluding tert-OH is 1. The molecule has 0 saturated carbocycles. The molecule has 0 unspecified atom stereocenters. The van der Waals surface area contributed by atoms with Crippen molar-refractivity contribution < 1.29 is 9.63 Å². The van der Waals surface area contributed by atoms with Crippen LogP contribution in [0.2, 0.25) is 0 Å². The Morgan fingerprint density at radius 3 is 2.70 bits per heavy atom. The Morgan fingerprint density at radius 1 is 1.60 bits per heavy atom. The van der Waals surface area contributed by atoms with E-state index in [0.29, 0.717) is 0 Å². The molecule has 0 aliphatic carbocycles. The number of hydrogen-bond donors (Lipinski definition) is 1. The molecule has 0 saturated heterocycles. The molecule has 1 aromatic heterocycles. The molecule has 0 amide bonds. The summed E-state index contributed by atoms with van der Waals surface area (Å²) in [6.07, 6.45) is 0.813. The lowest BCUT2D eigenvalue weighted by Gasteiger charge is -1.91.